The maximum atomic E-state index is 11.9. The summed E-state index contributed by atoms with van der Waals surface area (Å²) in [7, 11) is 0. The summed E-state index contributed by atoms with van der Waals surface area (Å²) in [5, 5.41) is 5.75. The van der Waals surface area contributed by atoms with E-state index in [4.69, 9.17) is 17.3 Å². The second-order valence-electron chi connectivity index (χ2n) is 4.78. The highest BCUT2D eigenvalue weighted by atomic mass is 35.5. The fraction of sp³-hybridized carbons (Fsp3) is 0.286. The Bertz CT molecular complexity index is 616. The first-order valence-electron chi connectivity index (χ1n) is 6.26. The van der Waals surface area contributed by atoms with Crippen molar-refractivity contribution in [1.29, 1.82) is 0 Å². The zero-order chi connectivity index (χ0) is 14.7. The molecule has 7 heteroatoms. The van der Waals surface area contributed by atoms with Gasteiger partial charge in [0.05, 0.1) is 11.7 Å². The van der Waals surface area contributed by atoms with Gasteiger partial charge in [-0.1, -0.05) is 43.6 Å². The van der Waals surface area contributed by atoms with Crippen molar-refractivity contribution in [3.63, 3.8) is 0 Å². The van der Waals surface area contributed by atoms with E-state index in [1.807, 2.05) is 43.5 Å². The second-order valence-corrected chi connectivity index (χ2v) is 6.04. The van der Waals surface area contributed by atoms with Crippen LogP contribution in [0.5, 0.6) is 0 Å². The van der Waals surface area contributed by atoms with Crippen LogP contribution >= 0.6 is 35.3 Å². The standard InChI is InChI=1S/C14H16ClN3OS.ClH/c1-8(2)12(16)13(19)18-14-17-11(7-20-14)9-5-3-4-6-10(9)15;/h3-8,12H,16H2,1-2H3,(H,17,18,19);1H/t12-;/m0./s1. The van der Waals surface area contributed by atoms with Crippen molar-refractivity contribution in [2.75, 3.05) is 5.32 Å². The van der Waals surface area contributed by atoms with Crippen molar-refractivity contribution in [3.05, 3.63) is 34.7 Å². The van der Waals surface area contributed by atoms with Gasteiger partial charge < -0.3 is 11.1 Å². The first-order valence-corrected chi connectivity index (χ1v) is 7.51. The molecule has 2 aromatic rings. The predicted molar refractivity (Wildman–Crippen MR) is 91.3 cm³/mol. The molecular weight excluding hydrogens is 329 g/mol. The summed E-state index contributed by atoms with van der Waals surface area (Å²) in [5.74, 6) is -0.141. The van der Waals surface area contributed by atoms with E-state index < -0.39 is 6.04 Å². The van der Waals surface area contributed by atoms with Crippen molar-refractivity contribution in [1.82, 2.24) is 4.98 Å². The largest absolute Gasteiger partial charge is 0.320 e. The molecule has 4 nitrogen and oxygen atoms in total. The van der Waals surface area contributed by atoms with Crippen molar-refractivity contribution in [2.45, 2.75) is 19.9 Å². The van der Waals surface area contributed by atoms with Gasteiger partial charge in [0.25, 0.3) is 0 Å². The number of anilines is 1. The summed E-state index contributed by atoms with van der Waals surface area (Å²) in [5.41, 5.74) is 7.38. The quantitative estimate of drug-likeness (QED) is 0.885. The summed E-state index contributed by atoms with van der Waals surface area (Å²) in [6.45, 7) is 3.81. The van der Waals surface area contributed by atoms with Gasteiger partial charge in [0.1, 0.15) is 0 Å². The summed E-state index contributed by atoms with van der Waals surface area (Å²) < 4.78 is 0. The minimum absolute atomic E-state index is 0. The Morgan fingerprint density at radius 2 is 2.05 bits per heavy atom. The van der Waals surface area contributed by atoms with E-state index in [0.29, 0.717) is 10.2 Å². The monoisotopic (exact) mass is 345 g/mol. The van der Waals surface area contributed by atoms with Crippen LogP contribution < -0.4 is 11.1 Å². The SMILES string of the molecule is CC(C)[C@H](N)C(=O)Nc1nc(-c2ccccc2Cl)cs1.Cl. The number of benzene rings is 1. The number of hydrogen-bond acceptors (Lipinski definition) is 4. The number of aromatic nitrogens is 1. The van der Waals surface area contributed by atoms with Crippen molar-refractivity contribution in [2.24, 2.45) is 11.7 Å². The summed E-state index contributed by atoms with van der Waals surface area (Å²) in [6, 6.07) is 6.92. The van der Waals surface area contributed by atoms with E-state index in [1.165, 1.54) is 11.3 Å². The molecule has 2 rings (SSSR count). The molecule has 0 radical (unpaired) electrons. The number of nitrogens with two attached hydrogens (primary N) is 1. The van der Waals surface area contributed by atoms with Gasteiger partial charge in [0.2, 0.25) is 5.91 Å². The van der Waals surface area contributed by atoms with Crippen LogP contribution in [0.3, 0.4) is 0 Å². The Morgan fingerprint density at radius 1 is 1.38 bits per heavy atom. The zero-order valence-corrected chi connectivity index (χ0v) is 14.1. The molecule has 1 amide bonds. The van der Waals surface area contributed by atoms with E-state index in [2.05, 4.69) is 10.3 Å². The number of halogens is 2. The number of amides is 1. The van der Waals surface area contributed by atoms with Gasteiger partial charge in [-0.3, -0.25) is 4.79 Å². The number of carbonyl (C=O) groups excluding carboxylic acids is 1. The van der Waals surface area contributed by atoms with Crippen LogP contribution in [-0.2, 0) is 4.79 Å². The van der Waals surface area contributed by atoms with Gasteiger partial charge >= 0.3 is 0 Å². The number of carbonyl (C=O) groups is 1. The Hall–Kier alpha value is -1.14. The zero-order valence-electron chi connectivity index (χ0n) is 11.7. The van der Waals surface area contributed by atoms with E-state index in [-0.39, 0.29) is 24.2 Å². The van der Waals surface area contributed by atoms with Gasteiger partial charge in [-0.2, -0.15) is 0 Å². The maximum Gasteiger partial charge on any atom is 0.243 e. The van der Waals surface area contributed by atoms with Crippen LogP contribution in [-0.4, -0.2) is 16.9 Å². The molecule has 1 aromatic heterocycles. The molecule has 114 valence electrons. The van der Waals surface area contributed by atoms with Crippen LogP contribution in [0.1, 0.15) is 13.8 Å². The Morgan fingerprint density at radius 3 is 2.67 bits per heavy atom. The molecule has 1 aromatic carbocycles. The number of nitrogens with zero attached hydrogens (tertiary/aromatic N) is 1. The molecule has 0 aliphatic heterocycles. The van der Waals surface area contributed by atoms with Crippen LogP contribution in [0.15, 0.2) is 29.6 Å². The minimum Gasteiger partial charge on any atom is -0.320 e. The normalized spacial score (nSPS) is 11.9. The Labute approximate surface area is 139 Å². The maximum absolute atomic E-state index is 11.9. The van der Waals surface area contributed by atoms with E-state index in [0.717, 1.165) is 11.3 Å². The van der Waals surface area contributed by atoms with Crippen molar-refractivity contribution >= 4 is 46.4 Å². The fourth-order valence-electron chi connectivity index (χ4n) is 1.62. The number of thiazole rings is 1. The van der Waals surface area contributed by atoms with Gasteiger partial charge in [0.15, 0.2) is 5.13 Å². The molecule has 0 bridgehead atoms. The van der Waals surface area contributed by atoms with E-state index >= 15 is 0 Å². The first kappa shape index (κ1) is 17.9. The number of rotatable bonds is 4. The highest BCUT2D eigenvalue weighted by molar-refractivity contribution is 7.14. The third-order valence-electron chi connectivity index (χ3n) is 2.91. The van der Waals surface area contributed by atoms with E-state index in [9.17, 15) is 4.79 Å². The average Bonchev–Trinajstić information content (AvgIpc) is 2.86. The first-order chi connectivity index (χ1) is 9.49. The number of nitrogens with one attached hydrogen (secondary N) is 1. The lowest BCUT2D eigenvalue weighted by molar-refractivity contribution is -0.118. The van der Waals surface area contributed by atoms with Gasteiger partial charge in [0, 0.05) is 16.0 Å². The molecule has 0 aliphatic carbocycles. The van der Waals surface area contributed by atoms with E-state index in [1.54, 1.807) is 0 Å². The van der Waals surface area contributed by atoms with Gasteiger partial charge in [-0.15, -0.1) is 23.7 Å². The third-order valence-corrected chi connectivity index (χ3v) is 3.99. The predicted octanol–water partition coefficient (Wildman–Crippen LogP) is 3.81. The molecule has 3 N–H and O–H groups in total. The molecule has 1 atom stereocenters. The molecule has 21 heavy (non-hydrogen) atoms. The van der Waals surface area contributed by atoms with Gasteiger partial charge in [-0.25, -0.2) is 4.98 Å². The number of hydrogen-bond donors (Lipinski definition) is 2. The smallest absolute Gasteiger partial charge is 0.243 e. The van der Waals surface area contributed by atoms with Crippen LogP contribution in [0.25, 0.3) is 11.3 Å². The summed E-state index contributed by atoms with van der Waals surface area (Å²) in [6.07, 6.45) is 0. The topological polar surface area (TPSA) is 68.0 Å². The lowest BCUT2D eigenvalue weighted by atomic mass is 10.1. The van der Waals surface area contributed by atoms with Crippen LogP contribution in [0.4, 0.5) is 5.13 Å². The van der Waals surface area contributed by atoms with Crippen molar-refractivity contribution < 1.29 is 4.79 Å². The molecule has 0 fully saturated rings. The molecule has 0 saturated carbocycles. The third kappa shape index (κ3) is 4.41. The average molecular weight is 346 g/mol. The molecule has 0 unspecified atom stereocenters. The Balaban J connectivity index is 0.00000220. The Kier molecular flexibility index (Phi) is 6.61. The fourth-order valence-corrected chi connectivity index (χ4v) is 2.56. The highest BCUT2D eigenvalue weighted by Crippen LogP contribution is 2.30. The molecule has 0 saturated heterocycles. The molecule has 0 spiro atoms. The van der Waals surface area contributed by atoms with Crippen LogP contribution in [0.2, 0.25) is 5.02 Å². The molecule has 1 heterocycles. The molecule has 0 aliphatic rings. The lowest BCUT2D eigenvalue weighted by Gasteiger charge is -2.13. The minimum atomic E-state index is -0.539. The summed E-state index contributed by atoms with van der Waals surface area (Å²) in [4.78, 5) is 16.2. The summed E-state index contributed by atoms with van der Waals surface area (Å²) >= 11 is 7.48. The lowest BCUT2D eigenvalue weighted by Crippen LogP contribution is -2.39. The van der Waals surface area contributed by atoms with Gasteiger partial charge in [-0.05, 0) is 12.0 Å². The molecular formula is C14H17Cl2N3OS. The van der Waals surface area contributed by atoms with Crippen LogP contribution in [0, 0.1) is 5.92 Å². The van der Waals surface area contributed by atoms with Crippen molar-refractivity contribution in [3.8, 4) is 11.3 Å². The highest BCUT2D eigenvalue weighted by Gasteiger charge is 2.18. The second kappa shape index (κ2) is 7.75.